The van der Waals surface area contributed by atoms with Gasteiger partial charge in [0, 0.05) is 22.2 Å². The molecule has 0 radical (unpaired) electrons. The topological polar surface area (TPSA) is 32.3 Å². The van der Waals surface area contributed by atoms with Crippen LogP contribution in [0.25, 0.3) is 0 Å². The molecule has 3 nitrogen and oxygen atoms in total. The molecule has 1 aromatic carbocycles. The second-order valence-corrected chi connectivity index (χ2v) is 5.72. The Morgan fingerprint density at radius 1 is 1.47 bits per heavy atom. The molecule has 0 aliphatic carbocycles. The number of nitrogens with one attached hydrogen (secondary N) is 1. The number of carbonyl (C=O) groups excluding carboxylic acids is 1. The molecule has 1 amide bonds. The number of nitrogens with zero attached hydrogens (tertiary/aromatic N) is 1. The zero-order valence-electron chi connectivity index (χ0n) is 9.95. The summed E-state index contributed by atoms with van der Waals surface area (Å²) in [6.07, 6.45) is 1.11. The van der Waals surface area contributed by atoms with E-state index in [9.17, 15) is 4.79 Å². The Labute approximate surface area is 116 Å². The smallest absolute Gasteiger partial charge is 0.253 e. The normalized spacial score (nSPS) is 19.6. The van der Waals surface area contributed by atoms with E-state index in [4.69, 9.17) is 0 Å². The summed E-state index contributed by atoms with van der Waals surface area (Å²) in [4.78, 5) is 14.2. The summed E-state index contributed by atoms with van der Waals surface area (Å²) >= 11 is 2.25. The third kappa shape index (κ3) is 3.19. The standard InChI is InChI=1S/C13H17IN2O/c1-15-8-10-6-7-16(9-10)13(17)11-2-4-12(14)5-3-11/h2-5,10,15H,6-9H2,1H3. The van der Waals surface area contributed by atoms with Crippen LogP contribution < -0.4 is 5.32 Å². The quantitative estimate of drug-likeness (QED) is 0.851. The summed E-state index contributed by atoms with van der Waals surface area (Å²) in [5.74, 6) is 0.771. The maximum Gasteiger partial charge on any atom is 0.253 e. The summed E-state index contributed by atoms with van der Waals surface area (Å²) in [6.45, 7) is 2.76. The van der Waals surface area contributed by atoms with E-state index >= 15 is 0 Å². The molecule has 1 atom stereocenters. The highest BCUT2D eigenvalue weighted by Crippen LogP contribution is 2.18. The zero-order chi connectivity index (χ0) is 12.3. The molecule has 17 heavy (non-hydrogen) atoms. The minimum absolute atomic E-state index is 0.167. The van der Waals surface area contributed by atoms with Crippen molar-refractivity contribution in [2.24, 2.45) is 5.92 Å². The van der Waals surface area contributed by atoms with Crippen LogP contribution in [0, 0.1) is 9.49 Å². The lowest BCUT2D eigenvalue weighted by Crippen LogP contribution is -2.30. The van der Waals surface area contributed by atoms with E-state index in [0.717, 1.165) is 35.2 Å². The van der Waals surface area contributed by atoms with Crippen LogP contribution in [0.1, 0.15) is 16.8 Å². The molecule has 1 aromatic rings. The lowest BCUT2D eigenvalue weighted by molar-refractivity contribution is 0.0787. The van der Waals surface area contributed by atoms with Crippen LogP contribution >= 0.6 is 22.6 Å². The number of likely N-dealkylation sites (tertiary alicyclic amines) is 1. The van der Waals surface area contributed by atoms with Gasteiger partial charge in [-0.2, -0.15) is 0 Å². The van der Waals surface area contributed by atoms with Gasteiger partial charge in [-0.25, -0.2) is 0 Å². The van der Waals surface area contributed by atoms with Crippen LogP contribution in [-0.2, 0) is 0 Å². The maximum absolute atomic E-state index is 12.2. The van der Waals surface area contributed by atoms with Crippen molar-refractivity contribution in [1.82, 2.24) is 10.2 Å². The first-order valence-electron chi connectivity index (χ1n) is 5.90. The molecule has 1 heterocycles. The molecule has 1 saturated heterocycles. The van der Waals surface area contributed by atoms with Gasteiger partial charge < -0.3 is 10.2 Å². The first-order chi connectivity index (χ1) is 8.20. The van der Waals surface area contributed by atoms with E-state index in [1.807, 2.05) is 36.2 Å². The molecular formula is C13H17IN2O. The maximum atomic E-state index is 12.2. The van der Waals surface area contributed by atoms with E-state index in [1.165, 1.54) is 0 Å². The van der Waals surface area contributed by atoms with Crippen LogP contribution in [0.2, 0.25) is 0 Å². The van der Waals surface area contributed by atoms with Crippen LogP contribution in [0.3, 0.4) is 0 Å². The molecule has 2 rings (SSSR count). The second-order valence-electron chi connectivity index (χ2n) is 4.47. The summed E-state index contributed by atoms with van der Waals surface area (Å²) in [6, 6.07) is 7.79. The van der Waals surface area contributed by atoms with Gasteiger partial charge in [-0.1, -0.05) is 0 Å². The van der Waals surface area contributed by atoms with Gasteiger partial charge >= 0.3 is 0 Å². The van der Waals surface area contributed by atoms with Crippen molar-refractivity contribution >= 4 is 28.5 Å². The fourth-order valence-electron chi connectivity index (χ4n) is 2.25. The van der Waals surface area contributed by atoms with Crippen LogP contribution in [0.15, 0.2) is 24.3 Å². The molecule has 0 spiro atoms. The summed E-state index contributed by atoms with van der Waals surface area (Å²) < 4.78 is 1.16. The van der Waals surface area contributed by atoms with Gasteiger partial charge in [0.1, 0.15) is 0 Å². The molecule has 0 aromatic heterocycles. The predicted octanol–water partition coefficient (Wildman–Crippen LogP) is 1.97. The SMILES string of the molecule is CNCC1CCN(C(=O)c2ccc(I)cc2)C1. The van der Waals surface area contributed by atoms with E-state index in [-0.39, 0.29) is 5.91 Å². The fourth-order valence-corrected chi connectivity index (χ4v) is 2.61. The van der Waals surface area contributed by atoms with Crippen molar-refractivity contribution in [1.29, 1.82) is 0 Å². The largest absolute Gasteiger partial charge is 0.338 e. The molecule has 1 aliphatic heterocycles. The number of carbonyl (C=O) groups is 1. The number of rotatable bonds is 3. The van der Waals surface area contributed by atoms with E-state index < -0.39 is 0 Å². The molecule has 1 fully saturated rings. The Morgan fingerprint density at radius 2 is 2.18 bits per heavy atom. The third-order valence-electron chi connectivity index (χ3n) is 3.16. The third-order valence-corrected chi connectivity index (χ3v) is 3.88. The molecular weight excluding hydrogens is 327 g/mol. The monoisotopic (exact) mass is 344 g/mol. The lowest BCUT2D eigenvalue weighted by Gasteiger charge is -2.16. The first kappa shape index (κ1) is 12.8. The lowest BCUT2D eigenvalue weighted by atomic mass is 10.1. The van der Waals surface area contributed by atoms with Crippen molar-refractivity contribution in [3.8, 4) is 0 Å². The summed E-state index contributed by atoms with van der Waals surface area (Å²) in [7, 11) is 1.96. The number of hydrogen-bond acceptors (Lipinski definition) is 2. The van der Waals surface area contributed by atoms with Crippen LogP contribution in [-0.4, -0.2) is 37.5 Å². The fraction of sp³-hybridized carbons (Fsp3) is 0.462. The van der Waals surface area contributed by atoms with Gasteiger partial charge in [-0.3, -0.25) is 4.79 Å². The Morgan fingerprint density at radius 3 is 2.82 bits per heavy atom. The molecule has 0 bridgehead atoms. The molecule has 1 unspecified atom stereocenters. The van der Waals surface area contributed by atoms with Crippen molar-refractivity contribution < 1.29 is 4.79 Å². The summed E-state index contributed by atoms with van der Waals surface area (Å²) in [5.41, 5.74) is 0.801. The van der Waals surface area contributed by atoms with Crippen molar-refractivity contribution in [3.05, 3.63) is 33.4 Å². The Balaban J connectivity index is 1.99. The average molecular weight is 344 g/mol. The number of halogens is 1. The highest BCUT2D eigenvalue weighted by atomic mass is 127. The van der Waals surface area contributed by atoms with Gasteiger partial charge in [-0.15, -0.1) is 0 Å². The number of amides is 1. The van der Waals surface area contributed by atoms with Crippen molar-refractivity contribution in [2.45, 2.75) is 6.42 Å². The van der Waals surface area contributed by atoms with E-state index in [1.54, 1.807) is 0 Å². The van der Waals surface area contributed by atoms with Crippen molar-refractivity contribution in [3.63, 3.8) is 0 Å². The Bertz CT molecular complexity index is 391. The van der Waals surface area contributed by atoms with E-state index in [2.05, 4.69) is 27.9 Å². The number of benzene rings is 1. The van der Waals surface area contributed by atoms with E-state index in [0.29, 0.717) is 5.92 Å². The summed E-state index contributed by atoms with van der Waals surface area (Å²) in [5, 5.41) is 3.18. The zero-order valence-corrected chi connectivity index (χ0v) is 12.1. The van der Waals surface area contributed by atoms with Crippen molar-refractivity contribution in [2.75, 3.05) is 26.7 Å². The van der Waals surface area contributed by atoms with Gasteiger partial charge in [0.25, 0.3) is 5.91 Å². The Hall–Kier alpha value is -0.620. The van der Waals surface area contributed by atoms with Crippen LogP contribution in [0.4, 0.5) is 0 Å². The van der Waals surface area contributed by atoms with Gasteiger partial charge in [0.2, 0.25) is 0 Å². The van der Waals surface area contributed by atoms with Crippen LogP contribution in [0.5, 0.6) is 0 Å². The first-order valence-corrected chi connectivity index (χ1v) is 6.98. The average Bonchev–Trinajstić information content (AvgIpc) is 2.78. The molecule has 1 aliphatic rings. The van der Waals surface area contributed by atoms with Gasteiger partial charge in [0.05, 0.1) is 0 Å². The second kappa shape index (κ2) is 5.82. The minimum Gasteiger partial charge on any atom is -0.338 e. The van der Waals surface area contributed by atoms with Gasteiger partial charge in [0.15, 0.2) is 0 Å². The highest BCUT2D eigenvalue weighted by Gasteiger charge is 2.26. The molecule has 92 valence electrons. The molecule has 4 heteroatoms. The predicted molar refractivity (Wildman–Crippen MR) is 77.1 cm³/mol. The Kier molecular flexibility index (Phi) is 4.39. The number of hydrogen-bond donors (Lipinski definition) is 1. The van der Waals surface area contributed by atoms with Gasteiger partial charge in [-0.05, 0) is 72.8 Å². The highest BCUT2D eigenvalue weighted by molar-refractivity contribution is 14.1. The molecule has 1 N–H and O–H groups in total. The minimum atomic E-state index is 0.167. The molecule has 0 saturated carbocycles.